The number of anilines is 1. The van der Waals surface area contributed by atoms with Crippen LogP contribution < -0.4 is 21.7 Å². The Balaban J connectivity index is 0.00000243. The molecule has 1 aliphatic carbocycles. The summed E-state index contributed by atoms with van der Waals surface area (Å²) in [5.41, 5.74) is 7.55. The maximum absolute atomic E-state index is 12.2. The standard InChI is InChI=1S/C17H21N5O2S.ClH/c1-10(19-16(23)14-9-25-15(8-18)22-14)11-2-4-12(5-3-11)20-17(24)21-13-6-7-13;/h2-5,9-10,13H,6-8,18H2,1H3,(H,19,23)(H2,20,21,24);1H. The second-order valence-electron chi connectivity index (χ2n) is 6.02. The van der Waals surface area contributed by atoms with Crippen molar-refractivity contribution in [3.63, 3.8) is 0 Å². The fourth-order valence-corrected chi connectivity index (χ4v) is 2.95. The van der Waals surface area contributed by atoms with Gasteiger partial charge in [-0.1, -0.05) is 12.1 Å². The monoisotopic (exact) mass is 395 g/mol. The van der Waals surface area contributed by atoms with Crippen molar-refractivity contribution in [2.45, 2.75) is 38.4 Å². The van der Waals surface area contributed by atoms with Crippen LogP contribution >= 0.6 is 23.7 Å². The van der Waals surface area contributed by atoms with Crippen LogP contribution in [-0.2, 0) is 6.54 Å². The van der Waals surface area contributed by atoms with E-state index in [1.165, 1.54) is 11.3 Å². The maximum Gasteiger partial charge on any atom is 0.319 e. The first kappa shape index (κ1) is 20.2. The summed E-state index contributed by atoms with van der Waals surface area (Å²) >= 11 is 1.37. The van der Waals surface area contributed by atoms with Gasteiger partial charge in [0.15, 0.2) is 0 Å². The topological polar surface area (TPSA) is 109 Å². The second-order valence-corrected chi connectivity index (χ2v) is 6.96. The van der Waals surface area contributed by atoms with E-state index in [1.54, 1.807) is 5.38 Å². The maximum atomic E-state index is 12.2. The van der Waals surface area contributed by atoms with Gasteiger partial charge in [0.25, 0.3) is 5.91 Å². The number of benzene rings is 1. The Hall–Kier alpha value is -2.16. The molecule has 2 aromatic rings. The molecule has 3 rings (SSSR count). The minimum Gasteiger partial charge on any atom is -0.344 e. The van der Waals surface area contributed by atoms with E-state index in [0.29, 0.717) is 24.0 Å². The second kappa shape index (κ2) is 8.98. The van der Waals surface area contributed by atoms with Crippen LogP contribution in [0.25, 0.3) is 0 Å². The van der Waals surface area contributed by atoms with E-state index in [-0.39, 0.29) is 30.4 Å². The molecule has 3 amide bonds. The third kappa shape index (κ3) is 5.42. The van der Waals surface area contributed by atoms with Gasteiger partial charge in [-0.05, 0) is 37.5 Å². The first-order valence-corrected chi connectivity index (χ1v) is 9.06. The summed E-state index contributed by atoms with van der Waals surface area (Å²) in [6.07, 6.45) is 2.10. The number of amides is 3. The van der Waals surface area contributed by atoms with Gasteiger partial charge in [-0.15, -0.1) is 23.7 Å². The highest BCUT2D eigenvalue weighted by atomic mass is 35.5. The summed E-state index contributed by atoms with van der Waals surface area (Å²) in [5, 5.41) is 11.0. The van der Waals surface area contributed by atoms with Gasteiger partial charge in [-0.3, -0.25) is 4.79 Å². The number of hydrogen-bond donors (Lipinski definition) is 4. The van der Waals surface area contributed by atoms with Crippen molar-refractivity contribution in [2.75, 3.05) is 5.32 Å². The Bertz CT molecular complexity index is 761. The van der Waals surface area contributed by atoms with Crippen LogP contribution in [0.3, 0.4) is 0 Å². The Morgan fingerprint density at radius 1 is 1.31 bits per heavy atom. The lowest BCUT2D eigenvalue weighted by atomic mass is 10.1. The fraction of sp³-hybridized carbons (Fsp3) is 0.353. The molecular weight excluding hydrogens is 374 g/mol. The lowest BCUT2D eigenvalue weighted by Crippen LogP contribution is -2.30. The third-order valence-electron chi connectivity index (χ3n) is 3.89. The molecule has 0 aliphatic heterocycles. The molecule has 5 N–H and O–H groups in total. The van der Waals surface area contributed by atoms with Crippen LogP contribution in [0.4, 0.5) is 10.5 Å². The summed E-state index contributed by atoms with van der Waals surface area (Å²) in [6.45, 7) is 2.23. The summed E-state index contributed by atoms with van der Waals surface area (Å²) < 4.78 is 0. The minimum atomic E-state index is -0.227. The first-order valence-electron chi connectivity index (χ1n) is 8.18. The molecule has 9 heteroatoms. The lowest BCUT2D eigenvalue weighted by Gasteiger charge is -2.14. The molecule has 0 bridgehead atoms. The lowest BCUT2D eigenvalue weighted by molar-refractivity contribution is 0.0935. The van der Waals surface area contributed by atoms with Crippen LogP contribution in [0.2, 0.25) is 0 Å². The van der Waals surface area contributed by atoms with E-state index in [2.05, 4.69) is 20.9 Å². The molecule has 1 aromatic heterocycles. The Kier molecular flexibility index (Phi) is 6.96. The van der Waals surface area contributed by atoms with Crippen molar-refractivity contribution in [2.24, 2.45) is 5.73 Å². The molecular formula is C17H22ClN5O2S. The van der Waals surface area contributed by atoms with Crippen LogP contribution in [0.15, 0.2) is 29.6 Å². The zero-order chi connectivity index (χ0) is 17.8. The van der Waals surface area contributed by atoms with Gasteiger partial charge in [0.2, 0.25) is 0 Å². The average Bonchev–Trinajstić information content (AvgIpc) is 3.27. The number of halogens is 1. The molecule has 1 aromatic carbocycles. The van der Waals surface area contributed by atoms with Crippen LogP contribution in [0.5, 0.6) is 0 Å². The van der Waals surface area contributed by atoms with Crippen molar-refractivity contribution >= 4 is 41.4 Å². The van der Waals surface area contributed by atoms with Gasteiger partial charge < -0.3 is 21.7 Å². The zero-order valence-electron chi connectivity index (χ0n) is 14.3. The van der Waals surface area contributed by atoms with E-state index in [0.717, 1.165) is 23.4 Å². The molecule has 140 valence electrons. The Morgan fingerprint density at radius 2 is 2.00 bits per heavy atom. The molecule has 1 atom stereocenters. The number of aromatic nitrogens is 1. The van der Waals surface area contributed by atoms with Crippen molar-refractivity contribution in [1.82, 2.24) is 15.6 Å². The van der Waals surface area contributed by atoms with Crippen molar-refractivity contribution < 1.29 is 9.59 Å². The zero-order valence-corrected chi connectivity index (χ0v) is 16.0. The van der Waals surface area contributed by atoms with Gasteiger partial charge in [0, 0.05) is 23.7 Å². The average molecular weight is 396 g/mol. The van der Waals surface area contributed by atoms with Gasteiger partial charge in [0.1, 0.15) is 10.7 Å². The minimum absolute atomic E-state index is 0. The molecule has 1 saturated carbocycles. The number of hydrogen-bond acceptors (Lipinski definition) is 5. The molecule has 26 heavy (non-hydrogen) atoms. The molecule has 1 fully saturated rings. The molecule has 0 saturated heterocycles. The van der Waals surface area contributed by atoms with Gasteiger partial charge in [0.05, 0.1) is 6.04 Å². The molecule has 0 radical (unpaired) electrons. The number of urea groups is 1. The van der Waals surface area contributed by atoms with E-state index in [1.807, 2.05) is 31.2 Å². The number of nitrogens with zero attached hydrogens (tertiary/aromatic N) is 1. The number of carbonyl (C=O) groups is 2. The van der Waals surface area contributed by atoms with Gasteiger partial charge in [-0.25, -0.2) is 9.78 Å². The van der Waals surface area contributed by atoms with Gasteiger partial charge in [-0.2, -0.15) is 0 Å². The predicted molar refractivity (Wildman–Crippen MR) is 105 cm³/mol. The largest absolute Gasteiger partial charge is 0.344 e. The highest BCUT2D eigenvalue weighted by Crippen LogP contribution is 2.20. The summed E-state index contributed by atoms with van der Waals surface area (Å²) in [7, 11) is 0. The predicted octanol–water partition coefficient (Wildman–Crippen LogP) is 2.80. The molecule has 7 nitrogen and oxygen atoms in total. The van der Waals surface area contributed by atoms with E-state index >= 15 is 0 Å². The van der Waals surface area contributed by atoms with Crippen LogP contribution in [-0.4, -0.2) is 23.0 Å². The highest BCUT2D eigenvalue weighted by Gasteiger charge is 2.23. The van der Waals surface area contributed by atoms with Gasteiger partial charge >= 0.3 is 6.03 Å². The molecule has 1 aliphatic rings. The highest BCUT2D eigenvalue weighted by molar-refractivity contribution is 7.09. The van der Waals surface area contributed by atoms with Crippen LogP contribution in [0.1, 0.15) is 46.9 Å². The summed E-state index contributed by atoms with van der Waals surface area (Å²) in [6, 6.07) is 7.36. The number of nitrogens with two attached hydrogens (primary N) is 1. The Morgan fingerprint density at radius 3 is 2.58 bits per heavy atom. The Labute approximate surface area is 162 Å². The van der Waals surface area contributed by atoms with Crippen molar-refractivity contribution in [1.29, 1.82) is 0 Å². The normalized spacial score (nSPS) is 14.1. The summed E-state index contributed by atoms with van der Waals surface area (Å²) in [5.74, 6) is -0.227. The van der Waals surface area contributed by atoms with E-state index in [4.69, 9.17) is 5.73 Å². The first-order chi connectivity index (χ1) is 12.0. The van der Waals surface area contributed by atoms with Crippen molar-refractivity contribution in [3.05, 3.63) is 45.9 Å². The number of nitrogens with one attached hydrogen (secondary N) is 3. The van der Waals surface area contributed by atoms with E-state index < -0.39 is 0 Å². The smallest absolute Gasteiger partial charge is 0.319 e. The number of rotatable bonds is 6. The third-order valence-corrected chi connectivity index (χ3v) is 4.76. The fourth-order valence-electron chi connectivity index (χ4n) is 2.30. The number of carbonyl (C=O) groups excluding carboxylic acids is 2. The SMILES string of the molecule is CC(NC(=O)c1csc(CN)n1)c1ccc(NC(=O)NC2CC2)cc1.Cl. The van der Waals surface area contributed by atoms with Crippen molar-refractivity contribution in [3.8, 4) is 0 Å². The molecule has 1 unspecified atom stereocenters. The molecule has 1 heterocycles. The van der Waals surface area contributed by atoms with E-state index in [9.17, 15) is 9.59 Å². The number of thiazole rings is 1. The summed E-state index contributed by atoms with van der Waals surface area (Å²) in [4.78, 5) is 28.1. The molecule has 0 spiro atoms. The van der Waals surface area contributed by atoms with Crippen LogP contribution in [0, 0.1) is 0 Å². The quantitative estimate of drug-likeness (QED) is 0.602.